The highest BCUT2D eigenvalue weighted by molar-refractivity contribution is 9.10. The molecule has 0 aliphatic carbocycles. The Morgan fingerprint density at radius 2 is 1.94 bits per heavy atom. The Hall–Kier alpha value is -2.20. The lowest BCUT2D eigenvalue weighted by atomic mass is 10.1. The Balaban J connectivity index is 1.84. The number of amides is 2. The second kappa shape index (κ2) is 10.8. The maximum absolute atomic E-state index is 12.7. The number of rotatable bonds is 7. The fourth-order valence-electron chi connectivity index (χ4n) is 2.99. The van der Waals surface area contributed by atoms with Crippen LogP contribution in [0.1, 0.15) is 18.1 Å². The van der Waals surface area contributed by atoms with Crippen molar-refractivity contribution >= 4 is 74.1 Å². The number of hydrogen-bond donors (Lipinski definition) is 0. The van der Waals surface area contributed by atoms with Crippen LogP contribution in [0.5, 0.6) is 11.5 Å². The predicted octanol–water partition coefficient (Wildman–Crippen LogP) is 5.94. The number of ether oxygens (including phenoxy) is 3. The van der Waals surface area contributed by atoms with Gasteiger partial charge in [-0.05, 0) is 70.5 Å². The molecule has 0 aromatic heterocycles. The normalized spacial score (nSPS) is 15.7. The van der Waals surface area contributed by atoms with Gasteiger partial charge >= 0.3 is 5.97 Å². The van der Waals surface area contributed by atoms with Gasteiger partial charge in [0.05, 0.1) is 23.6 Å². The van der Waals surface area contributed by atoms with Gasteiger partial charge in [-0.1, -0.05) is 29.3 Å². The molecule has 33 heavy (non-hydrogen) atoms. The molecule has 3 rings (SSSR count). The van der Waals surface area contributed by atoms with Crippen LogP contribution in [0.2, 0.25) is 10.0 Å². The van der Waals surface area contributed by atoms with Crippen molar-refractivity contribution in [2.45, 2.75) is 19.6 Å². The fourth-order valence-corrected chi connectivity index (χ4v) is 4.94. The van der Waals surface area contributed by atoms with Crippen LogP contribution in [-0.4, -0.2) is 42.3 Å². The van der Waals surface area contributed by atoms with Crippen molar-refractivity contribution in [1.29, 1.82) is 0 Å². The summed E-state index contributed by atoms with van der Waals surface area (Å²) in [6, 6.07) is 7.48. The number of methoxy groups -OCH3 is 2. The van der Waals surface area contributed by atoms with E-state index in [0.29, 0.717) is 31.6 Å². The van der Waals surface area contributed by atoms with Gasteiger partial charge in [0.2, 0.25) is 0 Å². The Bertz CT molecular complexity index is 1160. The van der Waals surface area contributed by atoms with Crippen LogP contribution in [0.25, 0.3) is 6.08 Å². The number of esters is 1. The molecular formula is C22H18BrCl2NO6S. The minimum Gasteiger partial charge on any atom is -0.493 e. The molecule has 2 aromatic rings. The Kier molecular flexibility index (Phi) is 8.33. The zero-order valence-corrected chi connectivity index (χ0v) is 21.6. The van der Waals surface area contributed by atoms with Crippen molar-refractivity contribution in [3.05, 3.63) is 60.9 Å². The van der Waals surface area contributed by atoms with Crippen molar-refractivity contribution in [2.24, 2.45) is 0 Å². The van der Waals surface area contributed by atoms with Gasteiger partial charge in [-0.3, -0.25) is 14.5 Å². The van der Waals surface area contributed by atoms with Crippen LogP contribution in [-0.2, 0) is 20.9 Å². The molecule has 0 spiro atoms. The van der Waals surface area contributed by atoms with Crippen LogP contribution < -0.4 is 9.47 Å². The molecule has 0 radical (unpaired) electrons. The molecule has 0 unspecified atom stereocenters. The van der Waals surface area contributed by atoms with E-state index in [2.05, 4.69) is 20.7 Å². The van der Waals surface area contributed by atoms with Crippen LogP contribution in [0, 0.1) is 0 Å². The topological polar surface area (TPSA) is 82.1 Å². The number of nitrogens with zero attached hydrogens (tertiary/aromatic N) is 1. The number of benzene rings is 2. The average molecular weight is 575 g/mol. The van der Waals surface area contributed by atoms with Crippen molar-refractivity contribution in [3.63, 3.8) is 0 Å². The van der Waals surface area contributed by atoms with E-state index in [0.717, 1.165) is 22.2 Å². The minimum atomic E-state index is -1.02. The van der Waals surface area contributed by atoms with Crippen LogP contribution in [0.15, 0.2) is 39.7 Å². The van der Waals surface area contributed by atoms with E-state index in [1.807, 2.05) is 0 Å². The first-order chi connectivity index (χ1) is 15.7. The first kappa shape index (κ1) is 25.4. The first-order valence-corrected chi connectivity index (χ1v) is 11.8. The summed E-state index contributed by atoms with van der Waals surface area (Å²) < 4.78 is 16.6. The van der Waals surface area contributed by atoms with Gasteiger partial charge in [0, 0.05) is 15.6 Å². The number of imide groups is 1. The molecule has 7 nitrogen and oxygen atoms in total. The number of hydrogen-bond acceptors (Lipinski definition) is 7. The molecule has 2 amide bonds. The quantitative estimate of drug-likeness (QED) is 0.299. The summed E-state index contributed by atoms with van der Waals surface area (Å²) >= 11 is 16.3. The van der Waals surface area contributed by atoms with Crippen LogP contribution >= 0.6 is 50.9 Å². The summed E-state index contributed by atoms with van der Waals surface area (Å²) in [5.41, 5.74) is 1.33. The molecule has 1 heterocycles. The minimum absolute atomic E-state index is 0.173. The number of halogens is 3. The predicted molar refractivity (Wildman–Crippen MR) is 131 cm³/mol. The zero-order chi connectivity index (χ0) is 24.3. The maximum Gasteiger partial charge on any atom is 0.328 e. The maximum atomic E-state index is 12.7. The van der Waals surface area contributed by atoms with E-state index >= 15 is 0 Å². The van der Waals surface area contributed by atoms with Gasteiger partial charge in [-0.25, -0.2) is 4.79 Å². The number of carbonyl (C=O) groups is 3. The summed E-state index contributed by atoms with van der Waals surface area (Å²) in [5, 5.41) is 0.457. The lowest BCUT2D eigenvalue weighted by molar-refractivity contribution is -0.148. The highest BCUT2D eigenvalue weighted by Gasteiger charge is 2.41. The fraction of sp³-hybridized carbons (Fsp3) is 0.227. The van der Waals surface area contributed by atoms with E-state index in [-0.39, 0.29) is 11.5 Å². The van der Waals surface area contributed by atoms with E-state index in [1.54, 1.807) is 36.4 Å². The third-order valence-corrected chi connectivity index (χ3v) is 6.75. The van der Waals surface area contributed by atoms with Crippen molar-refractivity contribution in [3.8, 4) is 11.5 Å². The van der Waals surface area contributed by atoms with Crippen molar-refractivity contribution in [1.82, 2.24) is 4.90 Å². The largest absolute Gasteiger partial charge is 0.493 e. The van der Waals surface area contributed by atoms with Crippen molar-refractivity contribution in [2.75, 3.05) is 14.2 Å². The molecule has 1 fully saturated rings. The van der Waals surface area contributed by atoms with E-state index < -0.39 is 23.2 Å². The van der Waals surface area contributed by atoms with Gasteiger partial charge in [0.1, 0.15) is 12.6 Å². The highest BCUT2D eigenvalue weighted by atomic mass is 79.9. The molecule has 1 aliphatic rings. The second-order valence-electron chi connectivity index (χ2n) is 6.81. The van der Waals surface area contributed by atoms with Gasteiger partial charge in [0.15, 0.2) is 11.5 Å². The van der Waals surface area contributed by atoms with Gasteiger partial charge in [-0.15, -0.1) is 0 Å². The highest BCUT2D eigenvalue weighted by Crippen LogP contribution is 2.40. The second-order valence-corrected chi connectivity index (χ2v) is 9.50. The standard InChI is InChI=1S/C22H18BrCl2NO6S/c1-11(21(28)31-3)26-20(27)18(33-22(26)29)8-12-6-15(23)19(17(7-12)30-2)32-10-13-4-5-14(24)9-16(13)25/h4-9,11H,10H2,1-3H3/b18-8+/t11-/m0/s1. The van der Waals surface area contributed by atoms with Crippen LogP contribution in [0.4, 0.5) is 4.79 Å². The lowest BCUT2D eigenvalue weighted by Crippen LogP contribution is -2.42. The monoisotopic (exact) mass is 573 g/mol. The number of thioether (sulfide) groups is 1. The summed E-state index contributed by atoms with van der Waals surface area (Å²) in [6.07, 6.45) is 1.54. The van der Waals surface area contributed by atoms with E-state index in [1.165, 1.54) is 21.1 Å². The SMILES string of the molecule is COC(=O)[C@H](C)N1C(=O)S/C(=C/c2cc(Br)c(OCc3ccc(Cl)cc3Cl)c(OC)c2)C1=O. The molecular weight excluding hydrogens is 557 g/mol. The van der Waals surface area contributed by atoms with Crippen LogP contribution in [0.3, 0.4) is 0 Å². The molecule has 0 N–H and O–H groups in total. The molecule has 1 atom stereocenters. The summed E-state index contributed by atoms with van der Waals surface area (Å²) in [4.78, 5) is 37.9. The summed E-state index contributed by atoms with van der Waals surface area (Å²) in [5.74, 6) is -0.406. The summed E-state index contributed by atoms with van der Waals surface area (Å²) in [7, 11) is 2.68. The Labute approximate surface area is 213 Å². The first-order valence-electron chi connectivity index (χ1n) is 9.45. The Morgan fingerprint density at radius 1 is 1.21 bits per heavy atom. The Morgan fingerprint density at radius 3 is 2.58 bits per heavy atom. The molecule has 174 valence electrons. The van der Waals surface area contributed by atoms with E-state index in [9.17, 15) is 14.4 Å². The third-order valence-electron chi connectivity index (χ3n) is 4.69. The van der Waals surface area contributed by atoms with Crippen molar-refractivity contribution < 1.29 is 28.6 Å². The molecule has 0 bridgehead atoms. The zero-order valence-electron chi connectivity index (χ0n) is 17.7. The lowest BCUT2D eigenvalue weighted by Gasteiger charge is -2.18. The summed E-state index contributed by atoms with van der Waals surface area (Å²) in [6.45, 7) is 1.61. The smallest absolute Gasteiger partial charge is 0.328 e. The number of carbonyl (C=O) groups excluding carboxylic acids is 3. The third kappa shape index (κ3) is 5.66. The van der Waals surface area contributed by atoms with Gasteiger partial charge in [0.25, 0.3) is 11.1 Å². The molecule has 1 aliphatic heterocycles. The van der Waals surface area contributed by atoms with Gasteiger partial charge in [-0.2, -0.15) is 0 Å². The molecule has 11 heteroatoms. The molecule has 0 saturated carbocycles. The van der Waals surface area contributed by atoms with E-state index in [4.69, 9.17) is 32.7 Å². The molecule has 1 saturated heterocycles. The average Bonchev–Trinajstić information content (AvgIpc) is 3.05. The van der Waals surface area contributed by atoms with Gasteiger partial charge < -0.3 is 14.2 Å². The molecule has 2 aromatic carbocycles.